The van der Waals surface area contributed by atoms with Crippen molar-refractivity contribution in [2.75, 3.05) is 6.61 Å². The highest BCUT2D eigenvalue weighted by molar-refractivity contribution is 5.93. The number of carbonyl (C=O) groups excluding carboxylic acids is 4. The lowest BCUT2D eigenvalue weighted by Gasteiger charge is -2.59. The Hall–Kier alpha value is -1.98. The Morgan fingerprint density at radius 1 is 1.03 bits per heavy atom. The maximum Gasteiger partial charge on any atom is 0.306 e. The van der Waals surface area contributed by atoms with Crippen LogP contribution in [-0.2, 0) is 28.7 Å². The van der Waals surface area contributed by atoms with Gasteiger partial charge in [-0.25, -0.2) is 0 Å². The van der Waals surface area contributed by atoms with Gasteiger partial charge in [0.25, 0.3) is 0 Å². The lowest BCUT2D eigenvalue weighted by atomic mass is 9.46. The van der Waals surface area contributed by atoms with Gasteiger partial charge in [-0.1, -0.05) is 32.8 Å². The van der Waals surface area contributed by atoms with Crippen LogP contribution in [0, 0.1) is 28.6 Å². The van der Waals surface area contributed by atoms with E-state index in [1.807, 2.05) is 13.0 Å². The van der Waals surface area contributed by atoms with Crippen molar-refractivity contribution in [3.05, 3.63) is 11.6 Å². The van der Waals surface area contributed by atoms with Crippen molar-refractivity contribution in [2.24, 2.45) is 28.6 Å². The molecule has 4 aliphatic rings. The summed E-state index contributed by atoms with van der Waals surface area (Å²) in [7, 11) is 0. The van der Waals surface area contributed by atoms with Crippen molar-refractivity contribution in [3.63, 3.8) is 0 Å². The Morgan fingerprint density at radius 2 is 1.76 bits per heavy atom. The van der Waals surface area contributed by atoms with E-state index in [9.17, 15) is 19.2 Å². The van der Waals surface area contributed by atoms with E-state index in [1.54, 1.807) is 0 Å². The first-order chi connectivity index (χ1) is 16.1. The number of ether oxygens (including phenoxy) is 2. The number of ketones is 2. The fourth-order valence-electron chi connectivity index (χ4n) is 8.09. The summed E-state index contributed by atoms with van der Waals surface area (Å²) in [5.74, 6) is 0.329. The van der Waals surface area contributed by atoms with Gasteiger partial charge in [0.15, 0.2) is 18.0 Å². The minimum atomic E-state index is -1.23. The molecule has 0 aromatic rings. The van der Waals surface area contributed by atoms with Crippen LogP contribution in [0.5, 0.6) is 0 Å². The number of esters is 2. The van der Waals surface area contributed by atoms with Gasteiger partial charge in [0.2, 0.25) is 5.78 Å². The van der Waals surface area contributed by atoms with Gasteiger partial charge in [-0.3, -0.25) is 19.2 Å². The van der Waals surface area contributed by atoms with Crippen molar-refractivity contribution < 1.29 is 28.7 Å². The van der Waals surface area contributed by atoms with Crippen molar-refractivity contribution in [2.45, 2.75) is 104 Å². The molecule has 188 valence electrons. The Balaban J connectivity index is 1.65. The number of unbranched alkanes of at least 4 members (excludes halogenated alkanes) is 1. The molecule has 0 radical (unpaired) electrons. The maximum atomic E-state index is 13.6. The van der Waals surface area contributed by atoms with Crippen LogP contribution in [0.3, 0.4) is 0 Å². The van der Waals surface area contributed by atoms with Crippen molar-refractivity contribution >= 4 is 23.5 Å². The van der Waals surface area contributed by atoms with Crippen LogP contribution >= 0.6 is 0 Å². The first-order valence-corrected chi connectivity index (χ1v) is 13.2. The Morgan fingerprint density at radius 3 is 2.47 bits per heavy atom. The molecule has 0 unspecified atom stereocenters. The number of fused-ring (bicyclic) bond motifs is 5. The summed E-state index contributed by atoms with van der Waals surface area (Å²) in [5.41, 5.74) is -0.351. The Bertz CT molecular complexity index is 905. The number of carbonyl (C=O) groups is 4. The van der Waals surface area contributed by atoms with Gasteiger partial charge in [-0.15, -0.1) is 0 Å². The molecule has 4 rings (SSSR count). The number of allylic oxidation sites excluding steroid dienone is 1. The molecular formula is C28H40O6. The highest BCUT2D eigenvalue weighted by Crippen LogP contribution is 2.68. The average Bonchev–Trinajstić information content (AvgIpc) is 3.09. The summed E-state index contributed by atoms with van der Waals surface area (Å²) in [5, 5.41) is 0. The smallest absolute Gasteiger partial charge is 0.306 e. The van der Waals surface area contributed by atoms with Gasteiger partial charge in [0.05, 0.1) is 0 Å². The van der Waals surface area contributed by atoms with E-state index >= 15 is 0 Å². The molecule has 34 heavy (non-hydrogen) atoms. The first kappa shape index (κ1) is 25.1. The number of hydrogen-bond acceptors (Lipinski definition) is 6. The molecule has 6 atom stereocenters. The summed E-state index contributed by atoms with van der Waals surface area (Å²) in [6, 6.07) is 0. The second-order valence-corrected chi connectivity index (χ2v) is 11.6. The minimum absolute atomic E-state index is 0.0446. The van der Waals surface area contributed by atoms with E-state index in [2.05, 4.69) is 13.8 Å². The molecule has 6 heteroatoms. The number of hydrogen-bond donors (Lipinski definition) is 0. The standard InChI is InChI=1S/C28H40O6/c1-5-6-7-25(32)34-28(24(31)17-33-18(2)29)15-12-23-21-9-8-19-16-20(30)10-13-26(19,3)22(21)11-14-27(23,28)4/h16,21-23H,5-15,17H2,1-4H3/t21-,22+,23+,26+,27+,28+/m1/s1. The topological polar surface area (TPSA) is 86.7 Å². The number of Topliss-reactive ketones (excluding diaryl/α,β-unsaturated/α-hetero) is 1. The van der Waals surface area contributed by atoms with Crippen molar-refractivity contribution in [3.8, 4) is 0 Å². The van der Waals surface area contributed by atoms with E-state index in [1.165, 1.54) is 12.5 Å². The third-order valence-electron chi connectivity index (χ3n) is 9.96. The van der Waals surface area contributed by atoms with Gasteiger partial charge in [-0.05, 0) is 80.6 Å². The van der Waals surface area contributed by atoms with Crippen LogP contribution < -0.4 is 0 Å². The van der Waals surface area contributed by atoms with Gasteiger partial charge in [0.1, 0.15) is 0 Å². The van der Waals surface area contributed by atoms with Crippen LogP contribution in [0.25, 0.3) is 0 Å². The van der Waals surface area contributed by atoms with E-state index < -0.39 is 17.0 Å². The highest BCUT2D eigenvalue weighted by Gasteiger charge is 2.68. The van der Waals surface area contributed by atoms with Gasteiger partial charge in [0, 0.05) is 25.2 Å². The predicted octanol–water partition coefficient (Wildman–Crippen LogP) is 5.12. The molecule has 0 bridgehead atoms. The van der Waals surface area contributed by atoms with Crippen molar-refractivity contribution in [1.29, 1.82) is 0 Å². The normalized spacial score (nSPS) is 38.8. The molecule has 3 fully saturated rings. The molecular weight excluding hydrogens is 432 g/mol. The highest BCUT2D eigenvalue weighted by atomic mass is 16.6. The second-order valence-electron chi connectivity index (χ2n) is 11.6. The monoisotopic (exact) mass is 472 g/mol. The molecule has 0 aliphatic heterocycles. The summed E-state index contributed by atoms with van der Waals surface area (Å²) in [4.78, 5) is 50.0. The predicted molar refractivity (Wildman–Crippen MR) is 127 cm³/mol. The summed E-state index contributed by atoms with van der Waals surface area (Å²) in [6.45, 7) is 7.44. The molecule has 0 heterocycles. The van der Waals surface area contributed by atoms with Crippen LogP contribution in [0.15, 0.2) is 11.6 Å². The molecule has 0 aromatic carbocycles. The lowest BCUT2D eigenvalue weighted by molar-refractivity contribution is -0.192. The lowest BCUT2D eigenvalue weighted by Crippen LogP contribution is -2.60. The van der Waals surface area contributed by atoms with E-state index in [0.717, 1.165) is 51.4 Å². The summed E-state index contributed by atoms with van der Waals surface area (Å²) in [6.07, 6.45) is 10.3. The first-order valence-electron chi connectivity index (χ1n) is 13.2. The summed E-state index contributed by atoms with van der Waals surface area (Å²) >= 11 is 0. The SMILES string of the molecule is CCCCC(=O)O[C@]1(C(=O)COC(C)=O)CC[C@H]2[C@@H]3CCC4=CC(=O)CC[C@]4(C)[C@H]3CC[C@@]21C. The maximum absolute atomic E-state index is 13.6. The third-order valence-corrected chi connectivity index (χ3v) is 9.96. The van der Waals surface area contributed by atoms with E-state index in [0.29, 0.717) is 31.1 Å². The molecule has 0 spiro atoms. The van der Waals surface area contributed by atoms with Crippen molar-refractivity contribution in [1.82, 2.24) is 0 Å². The molecule has 0 amide bonds. The van der Waals surface area contributed by atoms with Crippen LogP contribution in [0.2, 0.25) is 0 Å². The average molecular weight is 473 g/mol. The van der Waals surface area contributed by atoms with Gasteiger partial charge < -0.3 is 9.47 Å². The molecule has 4 aliphatic carbocycles. The fourth-order valence-corrected chi connectivity index (χ4v) is 8.09. The quantitative estimate of drug-likeness (QED) is 0.478. The van der Waals surface area contributed by atoms with E-state index in [4.69, 9.17) is 9.47 Å². The molecule has 0 aromatic heterocycles. The Kier molecular flexibility index (Phi) is 6.82. The van der Waals surface area contributed by atoms with Crippen LogP contribution in [0.4, 0.5) is 0 Å². The second kappa shape index (κ2) is 9.23. The van der Waals surface area contributed by atoms with Gasteiger partial charge in [-0.2, -0.15) is 0 Å². The largest absolute Gasteiger partial charge is 0.458 e. The molecule has 0 saturated heterocycles. The number of rotatable bonds is 7. The van der Waals surface area contributed by atoms with E-state index in [-0.39, 0.29) is 35.5 Å². The van der Waals surface area contributed by atoms with Crippen LogP contribution in [0.1, 0.15) is 98.3 Å². The fraction of sp³-hybridized carbons (Fsp3) is 0.786. The summed E-state index contributed by atoms with van der Waals surface area (Å²) < 4.78 is 11.3. The van der Waals surface area contributed by atoms with Crippen LogP contribution in [-0.4, -0.2) is 35.7 Å². The third kappa shape index (κ3) is 3.95. The zero-order valence-corrected chi connectivity index (χ0v) is 21.2. The molecule has 3 saturated carbocycles. The molecule has 0 N–H and O–H groups in total. The molecule has 6 nitrogen and oxygen atoms in total. The zero-order chi connectivity index (χ0) is 24.7. The van der Waals surface area contributed by atoms with Gasteiger partial charge >= 0.3 is 11.9 Å². The zero-order valence-electron chi connectivity index (χ0n) is 21.2. The Labute approximate surface area is 203 Å². The minimum Gasteiger partial charge on any atom is -0.458 e.